The monoisotopic (exact) mass is 223 g/mol. The normalized spacial score (nSPS) is 22.2. The van der Waals surface area contributed by atoms with Crippen LogP contribution in [0.15, 0.2) is 0 Å². The molecule has 0 atom stereocenters. The quantitative estimate of drug-likeness (QED) is 0.690. The van der Waals surface area contributed by atoms with E-state index in [1.165, 1.54) is 25.7 Å². The standard InChI is InChI=1S/C14H25NO/c1-11(2)9-15(13-7-8-13)10-14(16)12-5-3-4-6-12/h11-13H,3-10H2,1-2H3. The van der Waals surface area contributed by atoms with Crippen molar-refractivity contribution in [2.75, 3.05) is 13.1 Å². The van der Waals surface area contributed by atoms with Crippen LogP contribution in [0.2, 0.25) is 0 Å². The van der Waals surface area contributed by atoms with Crippen LogP contribution in [0.5, 0.6) is 0 Å². The van der Waals surface area contributed by atoms with Gasteiger partial charge >= 0.3 is 0 Å². The Bertz CT molecular complexity index is 239. The van der Waals surface area contributed by atoms with Crippen molar-refractivity contribution in [3.8, 4) is 0 Å². The molecule has 0 unspecified atom stereocenters. The van der Waals surface area contributed by atoms with Gasteiger partial charge in [0.1, 0.15) is 5.78 Å². The van der Waals surface area contributed by atoms with Gasteiger partial charge in [-0.25, -0.2) is 0 Å². The Morgan fingerprint density at radius 1 is 1.19 bits per heavy atom. The largest absolute Gasteiger partial charge is 0.298 e. The van der Waals surface area contributed by atoms with E-state index in [0.717, 1.165) is 32.0 Å². The fourth-order valence-electron chi connectivity index (χ4n) is 2.83. The molecule has 2 aliphatic carbocycles. The molecule has 0 heterocycles. The summed E-state index contributed by atoms with van der Waals surface area (Å²) in [5.74, 6) is 1.59. The summed E-state index contributed by atoms with van der Waals surface area (Å²) in [6.07, 6.45) is 7.46. The predicted molar refractivity (Wildman–Crippen MR) is 66.4 cm³/mol. The molecule has 2 saturated carbocycles. The van der Waals surface area contributed by atoms with E-state index in [-0.39, 0.29) is 0 Å². The molecule has 2 heteroatoms. The maximum absolute atomic E-state index is 12.1. The van der Waals surface area contributed by atoms with Crippen LogP contribution in [0.3, 0.4) is 0 Å². The van der Waals surface area contributed by atoms with Crippen LogP contribution in [-0.2, 0) is 4.79 Å². The van der Waals surface area contributed by atoms with Crippen molar-refractivity contribution < 1.29 is 4.79 Å². The molecule has 0 bridgehead atoms. The number of rotatable bonds is 6. The summed E-state index contributed by atoms with van der Waals surface area (Å²) >= 11 is 0. The van der Waals surface area contributed by atoms with Gasteiger partial charge < -0.3 is 0 Å². The van der Waals surface area contributed by atoms with Gasteiger partial charge in [-0.1, -0.05) is 26.7 Å². The van der Waals surface area contributed by atoms with Crippen molar-refractivity contribution in [3.05, 3.63) is 0 Å². The molecule has 0 aromatic carbocycles. The van der Waals surface area contributed by atoms with Crippen LogP contribution in [0.25, 0.3) is 0 Å². The van der Waals surface area contributed by atoms with Crippen LogP contribution in [0.4, 0.5) is 0 Å². The summed E-state index contributed by atoms with van der Waals surface area (Å²) in [5.41, 5.74) is 0. The van der Waals surface area contributed by atoms with Gasteiger partial charge in [-0.15, -0.1) is 0 Å². The highest BCUT2D eigenvalue weighted by Crippen LogP contribution is 2.30. The van der Waals surface area contributed by atoms with Gasteiger partial charge in [0.25, 0.3) is 0 Å². The van der Waals surface area contributed by atoms with Gasteiger partial charge in [0.15, 0.2) is 0 Å². The molecule has 0 aromatic heterocycles. The molecule has 2 fully saturated rings. The Labute approximate surface area is 99.4 Å². The zero-order valence-corrected chi connectivity index (χ0v) is 10.7. The number of hydrogen-bond donors (Lipinski definition) is 0. The zero-order valence-electron chi connectivity index (χ0n) is 10.7. The molecule has 0 amide bonds. The van der Waals surface area contributed by atoms with Crippen LogP contribution in [0, 0.1) is 11.8 Å². The molecule has 2 rings (SSSR count). The first-order valence-corrected chi connectivity index (χ1v) is 6.93. The van der Waals surface area contributed by atoms with Crippen molar-refractivity contribution >= 4 is 5.78 Å². The van der Waals surface area contributed by atoms with E-state index >= 15 is 0 Å². The first kappa shape index (κ1) is 12.1. The lowest BCUT2D eigenvalue weighted by Gasteiger charge is -2.24. The molecule has 16 heavy (non-hydrogen) atoms. The Balaban J connectivity index is 1.81. The topological polar surface area (TPSA) is 20.3 Å². The summed E-state index contributed by atoms with van der Waals surface area (Å²) in [6.45, 7) is 6.32. The van der Waals surface area contributed by atoms with E-state index in [1.54, 1.807) is 0 Å². The number of carbonyl (C=O) groups excluding carboxylic acids is 1. The summed E-state index contributed by atoms with van der Waals surface area (Å²) in [5, 5.41) is 0. The van der Waals surface area contributed by atoms with Crippen LogP contribution >= 0.6 is 0 Å². The molecule has 2 nitrogen and oxygen atoms in total. The van der Waals surface area contributed by atoms with E-state index in [2.05, 4.69) is 18.7 Å². The molecule has 0 aromatic rings. The second kappa shape index (κ2) is 5.31. The van der Waals surface area contributed by atoms with Crippen molar-refractivity contribution in [2.45, 2.75) is 58.4 Å². The third-order valence-electron chi connectivity index (χ3n) is 3.83. The molecule has 0 aliphatic heterocycles. The van der Waals surface area contributed by atoms with E-state index < -0.39 is 0 Å². The van der Waals surface area contributed by atoms with Crippen molar-refractivity contribution in [1.29, 1.82) is 0 Å². The highest BCUT2D eigenvalue weighted by atomic mass is 16.1. The highest BCUT2D eigenvalue weighted by Gasteiger charge is 2.32. The minimum absolute atomic E-state index is 0.397. The summed E-state index contributed by atoms with van der Waals surface area (Å²) in [4.78, 5) is 14.6. The van der Waals surface area contributed by atoms with Crippen LogP contribution < -0.4 is 0 Å². The van der Waals surface area contributed by atoms with E-state index in [9.17, 15) is 4.79 Å². The number of ketones is 1. The number of hydrogen-bond acceptors (Lipinski definition) is 2. The minimum atomic E-state index is 0.397. The third-order valence-corrected chi connectivity index (χ3v) is 3.83. The second-order valence-corrected chi connectivity index (χ2v) is 6.00. The number of nitrogens with zero attached hydrogens (tertiary/aromatic N) is 1. The lowest BCUT2D eigenvalue weighted by atomic mass is 10.0. The summed E-state index contributed by atoms with van der Waals surface area (Å²) in [7, 11) is 0. The fourth-order valence-corrected chi connectivity index (χ4v) is 2.83. The van der Waals surface area contributed by atoms with Gasteiger partial charge in [-0.3, -0.25) is 9.69 Å². The lowest BCUT2D eigenvalue weighted by molar-refractivity contribution is -0.124. The maximum atomic E-state index is 12.1. The molecule has 0 saturated heterocycles. The van der Waals surface area contributed by atoms with Gasteiger partial charge in [-0.05, 0) is 31.6 Å². The Kier molecular flexibility index (Phi) is 4.01. The van der Waals surface area contributed by atoms with E-state index in [1.807, 2.05) is 0 Å². The van der Waals surface area contributed by atoms with Gasteiger partial charge in [0.2, 0.25) is 0 Å². The second-order valence-electron chi connectivity index (χ2n) is 6.00. The average molecular weight is 223 g/mol. The zero-order chi connectivity index (χ0) is 11.5. The Morgan fingerprint density at radius 3 is 2.31 bits per heavy atom. The Morgan fingerprint density at radius 2 is 1.81 bits per heavy atom. The molecule has 0 spiro atoms. The summed E-state index contributed by atoms with van der Waals surface area (Å²) in [6, 6.07) is 0.729. The molecule has 0 N–H and O–H groups in total. The van der Waals surface area contributed by atoms with Crippen molar-refractivity contribution in [3.63, 3.8) is 0 Å². The Hall–Kier alpha value is -0.370. The van der Waals surface area contributed by atoms with E-state index in [4.69, 9.17) is 0 Å². The lowest BCUT2D eigenvalue weighted by Crippen LogP contribution is -2.36. The predicted octanol–water partition coefficient (Wildman–Crippen LogP) is 2.87. The van der Waals surface area contributed by atoms with Crippen molar-refractivity contribution in [2.24, 2.45) is 11.8 Å². The SMILES string of the molecule is CC(C)CN(CC(=O)C1CCCC1)C1CC1. The average Bonchev–Trinajstić information content (AvgIpc) is 2.91. The molecular weight excluding hydrogens is 198 g/mol. The fraction of sp³-hybridized carbons (Fsp3) is 0.929. The van der Waals surface area contributed by atoms with Crippen LogP contribution in [-0.4, -0.2) is 29.8 Å². The van der Waals surface area contributed by atoms with Crippen molar-refractivity contribution in [1.82, 2.24) is 4.90 Å². The number of carbonyl (C=O) groups is 1. The molecule has 2 aliphatic rings. The van der Waals surface area contributed by atoms with Gasteiger partial charge in [-0.2, -0.15) is 0 Å². The smallest absolute Gasteiger partial charge is 0.149 e. The molecular formula is C14H25NO. The third kappa shape index (κ3) is 3.31. The van der Waals surface area contributed by atoms with Crippen LogP contribution in [0.1, 0.15) is 52.4 Å². The first-order valence-electron chi connectivity index (χ1n) is 6.93. The van der Waals surface area contributed by atoms with Gasteiger partial charge in [0, 0.05) is 18.5 Å². The molecule has 92 valence electrons. The van der Waals surface area contributed by atoms with E-state index in [0.29, 0.717) is 17.6 Å². The highest BCUT2D eigenvalue weighted by molar-refractivity contribution is 5.83. The van der Waals surface area contributed by atoms with Gasteiger partial charge in [0.05, 0.1) is 6.54 Å². The first-order chi connectivity index (χ1) is 7.66. The maximum Gasteiger partial charge on any atom is 0.149 e. The molecule has 0 radical (unpaired) electrons. The summed E-state index contributed by atoms with van der Waals surface area (Å²) < 4.78 is 0. The minimum Gasteiger partial charge on any atom is -0.298 e. The number of Topliss-reactive ketones (excluding diaryl/α,β-unsaturated/α-hetero) is 1.